The lowest BCUT2D eigenvalue weighted by Crippen LogP contribution is -2.11. The summed E-state index contributed by atoms with van der Waals surface area (Å²) in [5.41, 5.74) is 0. The van der Waals surface area contributed by atoms with Crippen molar-refractivity contribution in [3.05, 3.63) is 0 Å². The number of ether oxygens (including phenoxy) is 4. The van der Waals surface area contributed by atoms with Gasteiger partial charge in [0.1, 0.15) is 0 Å². The highest BCUT2D eigenvalue weighted by Crippen LogP contribution is 2.10. The summed E-state index contributed by atoms with van der Waals surface area (Å²) in [6.07, 6.45) is 15.1. The summed E-state index contributed by atoms with van der Waals surface area (Å²) < 4.78 is 21.7. The van der Waals surface area contributed by atoms with Crippen molar-refractivity contribution in [1.82, 2.24) is 0 Å². The van der Waals surface area contributed by atoms with Gasteiger partial charge in [0.2, 0.25) is 0 Å². The smallest absolute Gasteiger partial charge is 0.305 e. The summed E-state index contributed by atoms with van der Waals surface area (Å²) in [6, 6.07) is 0. The first-order valence-electron chi connectivity index (χ1n) is 12.6. The Morgan fingerprint density at radius 1 is 0.600 bits per heavy atom. The summed E-state index contributed by atoms with van der Waals surface area (Å²) in [6.45, 7) is 10.9. The Morgan fingerprint density at radius 2 is 1.10 bits per heavy atom. The summed E-state index contributed by atoms with van der Waals surface area (Å²) in [5, 5.41) is 0. The molecule has 0 saturated carbocycles. The van der Waals surface area contributed by atoms with Crippen molar-refractivity contribution >= 4 is 5.97 Å². The van der Waals surface area contributed by atoms with Gasteiger partial charge in [-0.05, 0) is 25.2 Å². The minimum atomic E-state index is -0.107. The van der Waals surface area contributed by atoms with Crippen molar-refractivity contribution in [3.8, 4) is 0 Å². The Morgan fingerprint density at radius 3 is 1.67 bits per heavy atom. The van der Waals surface area contributed by atoms with Crippen molar-refractivity contribution in [2.24, 2.45) is 5.92 Å². The van der Waals surface area contributed by atoms with Gasteiger partial charge in [0.25, 0.3) is 0 Å². The van der Waals surface area contributed by atoms with E-state index in [0.29, 0.717) is 58.4 Å². The van der Waals surface area contributed by atoms with E-state index in [9.17, 15) is 4.79 Å². The van der Waals surface area contributed by atoms with Crippen molar-refractivity contribution in [1.29, 1.82) is 0 Å². The molecule has 5 nitrogen and oxygen atoms in total. The maximum absolute atomic E-state index is 11.7. The zero-order valence-corrected chi connectivity index (χ0v) is 20.3. The van der Waals surface area contributed by atoms with Crippen LogP contribution in [0.2, 0.25) is 0 Å². The Bertz CT molecular complexity index is 346. The molecule has 5 heteroatoms. The van der Waals surface area contributed by atoms with Crippen LogP contribution in [0, 0.1) is 5.92 Å². The van der Waals surface area contributed by atoms with Crippen LogP contribution in [0.5, 0.6) is 0 Å². The minimum absolute atomic E-state index is 0.107. The van der Waals surface area contributed by atoms with Crippen LogP contribution in [0.1, 0.15) is 104 Å². The second-order valence-electron chi connectivity index (χ2n) is 8.53. The van der Waals surface area contributed by atoms with Gasteiger partial charge in [0.05, 0.1) is 33.0 Å². The number of unbranched alkanes of at least 4 members (excludes halogenated alkanes) is 9. The van der Waals surface area contributed by atoms with Gasteiger partial charge in [0.15, 0.2) is 0 Å². The third-order valence-corrected chi connectivity index (χ3v) is 5.01. The van der Waals surface area contributed by atoms with Crippen LogP contribution in [0.3, 0.4) is 0 Å². The van der Waals surface area contributed by atoms with E-state index in [1.807, 2.05) is 0 Å². The molecule has 180 valence electrons. The van der Waals surface area contributed by atoms with E-state index >= 15 is 0 Å². The molecule has 0 aromatic rings. The molecule has 0 spiro atoms. The van der Waals surface area contributed by atoms with Gasteiger partial charge in [-0.3, -0.25) is 4.79 Å². The van der Waals surface area contributed by atoms with E-state index in [4.69, 9.17) is 18.9 Å². The third kappa shape index (κ3) is 25.4. The second kappa shape index (κ2) is 24.6. The summed E-state index contributed by atoms with van der Waals surface area (Å²) >= 11 is 0. The molecule has 0 aliphatic carbocycles. The van der Waals surface area contributed by atoms with Crippen molar-refractivity contribution in [2.45, 2.75) is 104 Å². The SMILES string of the molecule is CCCCCCCCCCCCOC(=O)CCCOCCOCCOCCC(C)C. The molecule has 0 aliphatic heterocycles. The summed E-state index contributed by atoms with van der Waals surface area (Å²) in [7, 11) is 0. The molecule has 0 rings (SSSR count). The highest BCUT2D eigenvalue weighted by Gasteiger charge is 2.02. The fraction of sp³-hybridized carbons (Fsp3) is 0.960. The lowest BCUT2D eigenvalue weighted by atomic mass is 10.1. The average molecular weight is 431 g/mol. The molecule has 0 radical (unpaired) electrons. The third-order valence-electron chi connectivity index (χ3n) is 5.01. The normalized spacial score (nSPS) is 11.3. The van der Waals surface area contributed by atoms with E-state index < -0.39 is 0 Å². The standard InChI is InChI=1S/C25H50O5/c1-4-5-6-7-8-9-10-11-12-13-18-30-25(26)15-14-17-27-20-22-29-23-21-28-19-16-24(2)3/h24H,4-23H2,1-3H3. The van der Waals surface area contributed by atoms with Crippen LogP contribution in [0.25, 0.3) is 0 Å². The number of esters is 1. The lowest BCUT2D eigenvalue weighted by molar-refractivity contribution is -0.144. The van der Waals surface area contributed by atoms with Crippen LogP contribution in [0.4, 0.5) is 0 Å². The molecule has 0 atom stereocenters. The molecule has 0 aliphatic rings. The molecule has 0 aromatic carbocycles. The number of carbonyl (C=O) groups excluding carboxylic acids is 1. The van der Waals surface area contributed by atoms with E-state index in [-0.39, 0.29) is 5.97 Å². The monoisotopic (exact) mass is 430 g/mol. The van der Waals surface area contributed by atoms with Gasteiger partial charge in [0, 0.05) is 19.6 Å². The first-order chi connectivity index (χ1) is 14.7. The van der Waals surface area contributed by atoms with E-state index in [0.717, 1.165) is 25.9 Å². The first-order valence-corrected chi connectivity index (χ1v) is 12.6. The van der Waals surface area contributed by atoms with E-state index in [1.165, 1.54) is 51.4 Å². The van der Waals surface area contributed by atoms with Crippen LogP contribution >= 0.6 is 0 Å². The Kier molecular flexibility index (Phi) is 24.1. The van der Waals surface area contributed by atoms with Crippen LogP contribution in [-0.2, 0) is 23.7 Å². The maximum atomic E-state index is 11.7. The highest BCUT2D eigenvalue weighted by atomic mass is 16.5. The van der Waals surface area contributed by atoms with Crippen molar-refractivity contribution in [3.63, 3.8) is 0 Å². The van der Waals surface area contributed by atoms with Gasteiger partial charge in [-0.2, -0.15) is 0 Å². The van der Waals surface area contributed by atoms with E-state index in [1.54, 1.807) is 0 Å². The number of carbonyl (C=O) groups is 1. The van der Waals surface area contributed by atoms with Crippen LogP contribution in [-0.4, -0.2) is 52.2 Å². The largest absolute Gasteiger partial charge is 0.466 e. The predicted octanol–water partition coefficient (Wildman–Crippen LogP) is 6.33. The Labute approximate surface area is 186 Å². The Hall–Kier alpha value is -0.650. The fourth-order valence-corrected chi connectivity index (χ4v) is 3.03. The number of rotatable bonds is 24. The predicted molar refractivity (Wildman–Crippen MR) is 124 cm³/mol. The molecule has 30 heavy (non-hydrogen) atoms. The van der Waals surface area contributed by atoms with E-state index in [2.05, 4.69) is 20.8 Å². The van der Waals surface area contributed by atoms with Crippen molar-refractivity contribution < 1.29 is 23.7 Å². The maximum Gasteiger partial charge on any atom is 0.305 e. The molecule has 0 amide bonds. The molecule has 0 fully saturated rings. The molecule has 0 saturated heterocycles. The quantitative estimate of drug-likeness (QED) is 0.132. The molecular weight excluding hydrogens is 380 g/mol. The second-order valence-corrected chi connectivity index (χ2v) is 8.53. The van der Waals surface area contributed by atoms with Gasteiger partial charge in [-0.1, -0.05) is 78.6 Å². The number of hydrogen-bond donors (Lipinski definition) is 0. The molecule has 0 unspecified atom stereocenters. The van der Waals surface area contributed by atoms with Crippen molar-refractivity contribution in [2.75, 3.05) is 46.2 Å². The topological polar surface area (TPSA) is 54.0 Å². The molecular formula is C25H50O5. The average Bonchev–Trinajstić information content (AvgIpc) is 2.72. The fourth-order valence-electron chi connectivity index (χ4n) is 3.03. The summed E-state index contributed by atoms with van der Waals surface area (Å²) in [5.74, 6) is 0.570. The number of hydrogen-bond acceptors (Lipinski definition) is 5. The zero-order valence-electron chi connectivity index (χ0n) is 20.3. The van der Waals surface area contributed by atoms with Crippen LogP contribution < -0.4 is 0 Å². The molecule has 0 bridgehead atoms. The summed E-state index contributed by atoms with van der Waals surface area (Å²) in [4.78, 5) is 11.7. The Balaban J connectivity index is 3.15. The van der Waals surface area contributed by atoms with Gasteiger partial charge in [-0.25, -0.2) is 0 Å². The van der Waals surface area contributed by atoms with Crippen LogP contribution in [0.15, 0.2) is 0 Å². The molecule has 0 heterocycles. The van der Waals surface area contributed by atoms with Gasteiger partial charge < -0.3 is 18.9 Å². The minimum Gasteiger partial charge on any atom is -0.466 e. The lowest BCUT2D eigenvalue weighted by Gasteiger charge is -2.08. The van der Waals surface area contributed by atoms with Gasteiger partial charge in [-0.15, -0.1) is 0 Å². The van der Waals surface area contributed by atoms with Gasteiger partial charge >= 0.3 is 5.97 Å². The molecule has 0 N–H and O–H groups in total. The highest BCUT2D eigenvalue weighted by molar-refractivity contribution is 5.69. The molecule has 0 aromatic heterocycles. The first kappa shape index (κ1) is 29.4. The zero-order chi connectivity index (χ0) is 22.1.